The van der Waals surface area contributed by atoms with E-state index in [4.69, 9.17) is 25.5 Å². The molecular formula is C28H24ClNO5. The lowest BCUT2D eigenvalue weighted by Gasteiger charge is -2.26. The Morgan fingerprint density at radius 3 is 2.37 bits per heavy atom. The maximum atomic E-state index is 13.8. The molecule has 5 rings (SSSR count). The molecule has 1 aromatic heterocycles. The van der Waals surface area contributed by atoms with Crippen LogP contribution in [0, 0.1) is 13.8 Å². The van der Waals surface area contributed by atoms with Crippen molar-refractivity contribution < 1.29 is 18.7 Å². The van der Waals surface area contributed by atoms with Crippen molar-refractivity contribution in [2.75, 3.05) is 14.2 Å². The normalized spacial score (nSPS) is 14.9. The first-order valence-electron chi connectivity index (χ1n) is 11.2. The fourth-order valence-electron chi connectivity index (χ4n) is 4.62. The van der Waals surface area contributed by atoms with Crippen molar-refractivity contribution in [1.82, 2.24) is 4.90 Å². The number of methoxy groups -OCH3 is 2. The van der Waals surface area contributed by atoms with Crippen molar-refractivity contribution in [3.05, 3.63) is 103 Å². The highest BCUT2D eigenvalue weighted by Crippen LogP contribution is 2.42. The summed E-state index contributed by atoms with van der Waals surface area (Å²) in [4.78, 5) is 29.2. The second kappa shape index (κ2) is 8.78. The van der Waals surface area contributed by atoms with Crippen molar-refractivity contribution in [1.29, 1.82) is 0 Å². The van der Waals surface area contributed by atoms with E-state index in [9.17, 15) is 9.59 Å². The minimum Gasteiger partial charge on any atom is -0.493 e. The summed E-state index contributed by atoms with van der Waals surface area (Å²) in [6.45, 7) is 4.09. The summed E-state index contributed by atoms with van der Waals surface area (Å²) in [5, 5.41) is 0.989. The van der Waals surface area contributed by atoms with Gasteiger partial charge in [-0.25, -0.2) is 0 Å². The Morgan fingerprint density at radius 1 is 0.943 bits per heavy atom. The van der Waals surface area contributed by atoms with Gasteiger partial charge in [0.15, 0.2) is 16.9 Å². The van der Waals surface area contributed by atoms with Crippen molar-refractivity contribution in [2.45, 2.75) is 26.4 Å². The van der Waals surface area contributed by atoms with Crippen LogP contribution in [0.3, 0.4) is 0 Å². The Morgan fingerprint density at radius 2 is 1.66 bits per heavy atom. The Kier molecular flexibility index (Phi) is 5.77. The molecule has 0 radical (unpaired) electrons. The van der Waals surface area contributed by atoms with E-state index in [0.29, 0.717) is 38.6 Å². The minimum absolute atomic E-state index is 0.0533. The smallest absolute Gasteiger partial charge is 0.291 e. The fraction of sp³-hybridized carbons (Fsp3) is 0.214. The largest absolute Gasteiger partial charge is 0.493 e. The van der Waals surface area contributed by atoms with Crippen LogP contribution in [0.2, 0.25) is 5.02 Å². The molecule has 6 nitrogen and oxygen atoms in total. The number of aryl methyl sites for hydroxylation is 2. The van der Waals surface area contributed by atoms with Gasteiger partial charge in [-0.1, -0.05) is 35.9 Å². The monoisotopic (exact) mass is 489 g/mol. The summed E-state index contributed by atoms with van der Waals surface area (Å²) in [6.07, 6.45) is 0. The van der Waals surface area contributed by atoms with E-state index in [1.807, 2.05) is 50.2 Å². The van der Waals surface area contributed by atoms with Crippen LogP contribution in [0.5, 0.6) is 11.5 Å². The molecule has 1 atom stereocenters. The number of carbonyl (C=O) groups excluding carboxylic acids is 1. The van der Waals surface area contributed by atoms with Crippen LogP contribution in [-0.4, -0.2) is 25.0 Å². The second-order valence-corrected chi connectivity index (χ2v) is 9.06. The van der Waals surface area contributed by atoms with Gasteiger partial charge in [-0.05, 0) is 66.4 Å². The number of amides is 1. The van der Waals surface area contributed by atoms with Gasteiger partial charge >= 0.3 is 0 Å². The third-order valence-electron chi connectivity index (χ3n) is 6.60. The molecule has 1 aliphatic rings. The summed E-state index contributed by atoms with van der Waals surface area (Å²) in [5.41, 5.74) is 3.92. The Bertz CT molecular complexity index is 1540. The number of rotatable bonds is 5. The molecule has 1 amide bonds. The van der Waals surface area contributed by atoms with Crippen molar-refractivity contribution in [3.8, 4) is 11.5 Å². The number of nitrogens with zero attached hydrogens (tertiary/aromatic N) is 1. The van der Waals surface area contributed by atoms with E-state index in [-0.39, 0.29) is 23.6 Å². The lowest BCUT2D eigenvalue weighted by atomic mass is 9.97. The molecule has 0 N–H and O–H groups in total. The van der Waals surface area contributed by atoms with Crippen LogP contribution in [0.25, 0.3) is 11.0 Å². The fourth-order valence-corrected chi connectivity index (χ4v) is 4.81. The van der Waals surface area contributed by atoms with Crippen LogP contribution in [0.1, 0.15) is 44.4 Å². The maximum absolute atomic E-state index is 13.8. The lowest BCUT2D eigenvalue weighted by molar-refractivity contribution is 0.0714. The minimum atomic E-state index is -0.684. The summed E-state index contributed by atoms with van der Waals surface area (Å²) in [7, 11) is 3.10. The van der Waals surface area contributed by atoms with Gasteiger partial charge in [0.2, 0.25) is 5.76 Å². The summed E-state index contributed by atoms with van der Waals surface area (Å²) in [6, 6.07) is 15.7. The maximum Gasteiger partial charge on any atom is 0.291 e. The van der Waals surface area contributed by atoms with Gasteiger partial charge in [0.1, 0.15) is 5.58 Å². The van der Waals surface area contributed by atoms with Gasteiger partial charge < -0.3 is 18.8 Å². The topological polar surface area (TPSA) is 69.0 Å². The number of carbonyl (C=O) groups is 1. The molecule has 35 heavy (non-hydrogen) atoms. The quantitative estimate of drug-likeness (QED) is 0.353. The average Bonchev–Trinajstić information content (AvgIpc) is 3.13. The van der Waals surface area contributed by atoms with Crippen molar-refractivity contribution >= 4 is 28.5 Å². The van der Waals surface area contributed by atoms with Gasteiger partial charge in [0, 0.05) is 11.6 Å². The van der Waals surface area contributed by atoms with Gasteiger partial charge in [-0.3, -0.25) is 9.59 Å². The highest BCUT2D eigenvalue weighted by molar-refractivity contribution is 6.31. The predicted octanol–water partition coefficient (Wildman–Crippen LogP) is 5.83. The zero-order chi connectivity index (χ0) is 24.9. The summed E-state index contributed by atoms with van der Waals surface area (Å²) >= 11 is 6.43. The first kappa shape index (κ1) is 23.0. The third-order valence-corrected chi connectivity index (χ3v) is 6.97. The molecule has 0 fully saturated rings. The van der Waals surface area contributed by atoms with Crippen LogP contribution >= 0.6 is 11.6 Å². The first-order chi connectivity index (χ1) is 16.8. The molecule has 4 aromatic rings. The lowest BCUT2D eigenvalue weighted by Crippen LogP contribution is -2.29. The first-order valence-corrected chi connectivity index (χ1v) is 11.6. The number of fused-ring (bicyclic) bond motifs is 2. The van der Waals surface area contributed by atoms with Crippen LogP contribution < -0.4 is 14.9 Å². The van der Waals surface area contributed by atoms with Crippen LogP contribution in [0.4, 0.5) is 0 Å². The Balaban J connectivity index is 1.76. The van der Waals surface area contributed by atoms with Crippen molar-refractivity contribution in [2.24, 2.45) is 0 Å². The van der Waals surface area contributed by atoms with Gasteiger partial charge in [-0.15, -0.1) is 0 Å². The van der Waals surface area contributed by atoms with Crippen LogP contribution in [-0.2, 0) is 6.54 Å². The van der Waals surface area contributed by atoms with Gasteiger partial charge in [0.25, 0.3) is 5.91 Å². The second-order valence-electron chi connectivity index (χ2n) is 8.65. The SMILES string of the molecule is COc1ccc(C2c3c(oc4cc(C)c(C)cc4c3=O)C(=O)N2Cc2ccccc2Cl)cc1OC. The number of ether oxygens (including phenoxy) is 2. The molecule has 0 saturated carbocycles. The molecular weight excluding hydrogens is 466 g/mol. The molecule has 1 unspecified atom stereocenters. The molecule has 178 valence electrons. The molecule has 1 aliphatic heterocycles. The molecule has 0 saturated heterocycles. The Hall–Kier alpha value is -3.77. The number of benzene rings is 3. The molecule has 2 heterocycles. The molecule has 0 bridgehead atoms. The summed E-state index contributed by atoms with van der Waals surface area (Å²) in [5.74, 6) is 0.741. The van der Waals surface area contributed by atoms with Crippen LogP contribution in [0.15, 0.2) is 63.8 Å². The van der Waals surface area contributed by atoms with Gasteiger partial charge in [0.05, 0.1) is 31.2 Å². The van der Waals surface area contributed by atoms with E-state index in [1.165, 1.54) is 0 Å². The van der Waals surface area contributed by atoms with E-state index in [1.54, 1.807) is 37.3 Å². The zero-order valence-electron chi connectivity index (χ0n) is 19.8. The van der Waals surface area contributed by atoms with E-state index in [0.717, 1.165) is 16.7 Å². The third kappa shape index (κ3) is 3.74. The number of halogens is 1. The van der Waals surface area contributed by atoms with Gasteiger partial charge in [-0.2, -0.15) is 0 Å². The Labute approximate surface area is 207 Å². The summed E-state index contributed by atoms with van der Waals surface area (Å²) < 4.78 is 17.0. The number of hydrogen-bond donors (Lipinski definition) is 0. The van der Waals surface area contributed by atoms with E-state index < -0.39 is 6.04 Å². The zero-order valence-corrected chi connectivity index (χ0v) is 20.6. The molecule has 0 aliphatic carbocycles. The van der Waals surface area contributed by atoms with Crippen molar-refractivity contribution in [3.63, 3.8) is 0 Å². The van der Waals surface area contributed by atoms with E-state index in [2.05, 4.69) is 0 Å². The molecule has 7 heteroatoms. The average molecular weight is 490 g/mol. The predicted molar refractivity (Wildman–Crippen MR) is 135 cm³/mol. The number of hydrogen-bond acceptors (Lipinski definition) is 5. The highest BCUT2D eigenvalue weighted by atomic mass is 35.5. The highest BCUT2D eigenvalue weighted by Gasteiger charge is 2.43. The molecule has 3 aromatic carbocycles. The molecule has 0 spiro atoms. The standard InChI is InChI=1S/C28H24ClNO5/c1-15-11-19-22(12-16(15)2)35-27-24(26(19)31)25(17-9-10-21(33-3)23(13-17)34-4)30(28(27)32)14-18-7-5-6-8-20(18)29/h5-13,25H,14H2,1-4H3. The van der Waals surface area contributed by atoms with E-state index >= 15 is 0 Å².